The van der Waals surface area contributed by atoms with Crippen LogP contribution in [0, 0.1) is 35.5 Å². The Kier molecular flexibility index (Phi) is 2.04. The van der Waals surface area contributed by atoms with Gasteiger partial charge in [-0.05, 0) is 30.1 Å². The molecule has 3 fully saturated rings. The first-order valence-corrected chi connectivity index (χ1v) is 6.74. The van der Waals surface area contributed by atoms with Crippen LogP contribution in [0.2, 0.25) is 0 Å². The van der Waals surface area contributed by atoms with Gasteiger partial charge >= 0.3 is 5.97 Å². The Morgan fingerprint density at radius 1 is 1.21 bits per heavy atom. The lowest BCUT2D eigenvalue weighted by Gasteiger charge is -2.37. The Bertz CT molecular complexity index is 490. The Balaban J connectivity index is 1.66. The number of amides is 2. The maximum atomic E-state index is 12.4. The average molecular weight is 261 g/mol. The zero-order valence-corrected chi connectivity index (χ0v) is 10.6. The molecule has 0 radical (unpaired) electrons. The highest BCUT2D eigenvalue weighted by Gasteiger charge is 2.67. The lowest BCUT2D eigenvalue weighted by Crippen LogP contribution is -2.40. The maximum absolute atomic E-state index is 12.4. The Morgan fingerprint density at radius 3 is 2.21 bits per heavy atom. The number of likely N-dealkylation sites (tertiary alicyclic amines) is 1. The van der Waals surface area contributed by atoms with Gasteiger partial charge < -0.3 is 4.74 Å². The number of imide groups is 1. The molecule has 1 aliphatic heterocycles. The van der Waals surface area contributed by atoms with Crippen LogP contribution < -0.4 is 0 Å². The van der Waals surface area contributed by atoms with Crippen LogP contribution in [0.5, 0.6) is 0 Å². The molecule has 0 aromatic rings. The number of ether oxygens (including phenoxy) is 1. The molecular formula is C14H15NO4. The minimum absolute atomic E-state index is 0.176. The summed E-state index contributed by atoms with van der Waals surface area (Å²) < 4.78 is 4.56. The average Bonchev–Trinajstić information content (AvgIpc) is 3.20. The molecule has 0 N–H and O–H groups in total. The first kappa shape index (κ1) is 11.2. The number of esters is 1. The predicted octanol–water partition coefficient (Wildman–Crippen LogP) is 0.212. The molecule has 0 aromatic heterocycles. The second kappa shape index (κ2) is 3.46. The summed E-state index contributed by atoms with van der Waals surface area (Å²) in [6.45, 7) is -0.240. The standard InChI is InChI=1S/C14H15NO4/c1-19-10(16)5-15-13(17)11-6-2-3-7(9-4-8(6)9)12(11)14(15)18/h2-3,6-9,11-12H,4-5H2,1H3. The summed E-state index contributed by atoms with van der Waals surface area (Å²) >= 11 is 0. The molecule has 5 aliphatic rings. The van der Waals surface area contributed by atoms with Gasteiger partial charge in [0.25, 0.3) is 0 Å². The van der Waals surface area contributed by atoms with Crippen molar-refractivity contribution in [3.05, 3.63) is 12.2 Å². The van der Waals surface area contributed by atoms with Gasteiger partial charge in [0, 0.05) is 0 Å². The second-order valence-electron chi connectivity index (χ2n) is 5.99. The molecule has 1 heterocycles. The van der Waals surface area contributed by atoms with Gasteiger partial charge in [-0.3, -0.25) is 19.3 Å². The first-order chi connectivity index (χ1) is 9.13. The zero-order chi connectivity index (χ0) is 13.3. The predicted molar refractivity (Wildman–Crippen MR) is 63.4 cm³/mol. The smallest absolute Gasteiger partial charge is 0.325 e. The van der Waals surface area contributed by atoms with Crippen molar-refractivity contribution in [3.8, 4) is 0 Å². The van der Waals surface area contributed by atoms with Crippen molar-refractivity contribution in [1.29, 1.82) is 0 Å². The lowest BCUT2D eigenvalue weighted by molar-refractivity contribution is -0.151. The molecule has 2 saturated carbocycles. The van der Waals surface area contributed by atoms with Gasteiger partial charge in [-0.2, -0.15) is 0 Å². The SMILES string of the molecule is COC(=O)CN1C(=O)C2C3C=CC(C4CC34)C2C1=O. The quantitative estimate of drug-likeness (QED) is 0.405. The third-order valence-electron chi connectivity index (χ3n) is 5.27. The van der Waals surface area contributed by atoms with Gasteiger partial charge in [0.15, 0.2) is 0 Å². The molecule has 0 aromatic carbocycles. The van der Waals surface area contributed by atoms with Crippen molar-refractivity contribution in [2.24, 2.45) is 35.5 Å². The summed E-state index contributed by atoms with van der Waals surface area (Å²) in [5.74, 6) is 0.253. The van der Waals surface area contributed by atoms with E-state index < -0.39 is 5.97 Å². The van der Waals surface area contributed by atoms with Gasteiger partial charge in [0.1, 0.15) is 6.54 Å². The topological polar surface area (TPSA) is 63.7 Å². The van der Waals surface area contributed by atoms with Crippen molar-refractivity contribution < 1.29 is 19.1 Å². The van der Waals surface area contributed by atoms with E-state index in [9.17, 15) is 14.4 Å². The van der Waals surface area contributed by atoms with Crippen molar-refractivity contribution >= 4 is 17.8 Å². The van der Waals surface area contributed by atoms with Crippen molar-refractivity contribution in [3.63, 3.8) is 0 Å². The fourth-order valence-corrected chi connectivity index (χ4v) is 4.37. The Hall–Kier alpha value is -1.65. The fraction of sp³-hybridized carbons (Fsp3) is 0.643. The number of allylic oxidation sites excluding steroid dienone is 2. The van der Waals surface area contributed by atoms with Gasteiger partial charge in [0.05, 0.1) is 18.9 Å². The van der Waals surface area contributed by atoms with E-state index in [1.165, 1.54) is 7.11 Å². The molecule has 2 amide bonds. The van der Waals surface area contributed by atoms with Gasteiger partial charge in [-0.25, -0.2) is 0 Å². The molecule has 100 valence electrons. The van der Waals surface area contributed by atoms with Crippen LogP contribution in [0.15, 0.2) is 12.2 Å². The van der Waals surface area contributed by atoms with Gasteiger partial charge in [-0.1, -0.05) is 12.2 Å². The molecular weight excluding hydrogens is 246 g/mol. The first-order valence-electron chi connectivity index (χ1n) is 6.74. The van der Waals surface area contributed by atoms with E-state index in [-0.39, 0.29) is 42.0 Å². The summed E-state index contributed by atoms with van der Waals surface area (Å²) in [6.07, 6.45) is 5.38. The summed E-state index contributed by atoms with van der Waals surface area (Å²) in [5.41, 5.74) is 0. The second-order valence-corrected chi connectivity index (χ2v) is 5.99. The molecule has 6 atom stereocenters. The molecule has 19 heavy (non-hydrogen) atoms. The lowest BCUT2D eigenvalue weighted by atomic mass is 9.63. The highest BCUT2D eigenvalue weighted by Crippen LogP contribution is 2.65. The van der Waals surface area contributed by atoms with Crippen LogP contribution in [0.1, 0.15) is 6.42 Å². The van der Waals surface area contributed by atoms with Crippen LogP contribution in [0.4, 0.5) is 0 Å². The molecule has 1 saturated heterocycles. The summed E-state index contributed by atoms with van der Waals surface area (Å²) in [7, 11) is 1.26. The van der Waals surface area contributed by atoms with E-state index in [1.54, 1.807) is 0 Å². The number of methoxy groups -OCH3 is 1. The largest absolute Gasteiger partial charge is 0.468 e. The fourth-order valence-electron chi connectivity index (χ4n) is 4.37. The van der Waals surface area contributed by atoms with E-state index in [2.05, 4.69) is 16.9 Å². The Labute approximate surface area is 110 Å². The highest BCUT2D eigenvalue weighted by atomic mass is 16.5. The zero-order valence-electron chi connectivity index (χ0n) is 10.6. The number of hydrogen-bond donors (Lipinski definition) is 0. The van der Waals surface area contributed by atoms with E-state index in [1.807, 2.05) is 0 Å². The van der Waals surface area contributed by atoms with Crippen LogP contribution in [0.25, 0.3) is 0 Å². The summed E-state index contributed by atoms with van der Waals surface area (Å²) in [6, 6.07) is 0. The molecule has 5 heteroatoms. The molecule has 5 nitrogen and oxygen atoms in total. The normalized spacial score (nSPS) is 45.2. The van der Waals surface area contributed by atoms with Gasteiger partial charge in [-0.15, -0.1) is 0 Å². The molecule has 4 aliphatic carbocycles. The number of rotatable bonds is 2. The molecule has 6 unspecified atom stereocenters. The van der Waals surface area contributed by atoms with Crippen LogP contribution in [0.3, 0.4) is 0 Å². The molecule has 2 bridgehead atoms. The number of hydrogen-bond acceptors (Lipinski definition) is 4. The minimum atomic E-state index is -0.536. The number of carbonyl (C=O) groups excluding carboxylic acids is 3. The highest BCUT2D eigenvalue weighted by molar-refractivity contribution is 6.07. The van der Waals surface area contributed by atoms with Crippen LogP contribution in [-0.4, -0.2) is 36.3 Å². The molecule has 5 rings (SSSR count). The van der Waals surface area contributed by atoms with E-state index in [0.29, 0.717) is 11.8 Å². The van der Waals surface area contributed by atoms with Crippen molar-refractivity contribution in [2.75, 3.05) is 13.7 Å². The number of carbonyl (C=O) groups is 3. The molecule has 0 spiro atoms. The van der Waals surface area contributed by atoms with E-state index >= 15 is 0 Å². The Morgan fingerprint density at radius 2 is 1.74 bits per heavy atom. The maximum Gasteiger partial charge on any atom is 0.325 e. The number of nitrogens with zero attached hydrogens (tertiary/aromatic N) is 1. The minimum Gasteiger partial charge on any atom is -0.468 e. The van der Waals surface area contributed by atoms with Crippen LogP contribution in [-0.2, 0) is 19.1 Å². The monoisotopic (exact) mass is 261 g/mol. The van der Waals surface area contributed by atoms with E-state index in [4.69, 9.17) is 0 Å². The van der Waals surface area contributed by atoms with Crippen LogP contribution >= 0.6 is 0 Å². The van der Waals surface area contributed by atoms with Crippen molar-refractivity contribution in [2.45, 2.75) is 6.42 Å². The summed E-state index contributed by atoms with van der Waals surface area (Å²) in [5, 5.41) is 0. The third kappa shape index (κ3) is 1.28. The van der Waals surface area contributed by atoms with E-state index in [0.717, 1.165) is 11.3 Å². The van der Waals surface area contributed by atoms with Gasteiger partial charge in [0.2, 0.25) is 11.8 Å². The van der Waals surface area contributed by atoms with Crippen molar-refractivity contribution in [1.82, 2.24) is 4.90 Å². The third-order valence-corrected chi connectivity index (χ3v) is 5.27. The summed E-state index contributed by atoms with van der Waals surface area (Å²) in [4.78, 5) is 37.3.